The van der Waals surface area contributed by atoms with Crippen LogP contribution in [0.4, 0.5) is 19.0 Å². The summed E-state index contributed by atoms with van der Waals surface area (Å²) in [5.74, 6) is 1.37. The standard InChI is InChI=1S/C17H20F3N5/c18-17(19,20)15-2-1-3-16(24-15)25-8-11-4-5-14(13(11)9-25)22-7-12-6-21-10-23-12/h1-3,6,10-11,13-14,22H,4-5,7-9H2,(H,21,23)/t11-,13+,14+/m1/s1. The van der Waals surface area contributed by atoms with Crippen LogP contribution in [0.2, 0.25) is 0 Å². The van der Waals surface area contributed by atoms with Crippen molar-refractivity contribution >= 4 is 5.82 Å². The van der Waals surface area contributed by atoms with E-state index in [9.17, 15) is 13.2 Å². The van der Waals surface area contributed by atoms with E-state index in [1.807, 2.05) is 11.1 Å². The van der Waals surface area contributed by atoms with Gasteiger partial charge in [0.1, 0.15) is 11.5 Å². The molecule has 25 heavy (non-hydrogen) atoms. The molecular formula is C17H20F3N5. The third-order valence-electron chi connectivity index (χ3n) is 5.31. The molecule has 0 spiro atoms. The fourth-order valence-electron chi connectivity index (χ4n) is 4.09. The summed E-state index contributed by atoms with van der Waals surface area (Å²) in [6.07, 6.45) is 1.32. The van der Waals surface area contributed by atoms with Crippen LogP contribution >= 0.6 is 0 Å². The van der Waals surface area contributed by atoms with Crippen molar-refractivity contribution in [2.75, 3.05) is 18.0 Å². The topological polar surface area (TPSA) is 56.8 Å². The SMILES string of the molecule is FC(F)(F)c1cccc(N2C[C@H]3CC[C@H](NCc4c[nH]cn4)[C@H]3C2)n1. The average molecular weight is 351 g/mol. The molecular weight excluding hydrogens is 331 g/mol. The molecule has 2 aliphatic rings. The van der Waals surface area contributed by atoms with Gasteiger partial charge in [0.15, 0.2) is 0 Å². The number of nitrogens with zero attached hydrogens (tertiary/aromatic N) is 3. The van der Waals surface area contributed by atoms with Crippen molar-refractivity contribution in [1.29, 1.82) is 0 Å². The van der Waals surface area contributed by atoms with Gasteiger partial charge in [-0.05, 0) is 36.8 Å². The van der Waals surface area contributed by atoms with E-state index < -0.39 is 11.9 Å². The van der Waals surface area contributed by atoms with Gasteiger partial charge in [-0.15, -0.1) is 0 Å². The molecule has 2 aromatic rings. The van der Waals surface area contributed by atoms with Gasteiger partial charge < -0.3 is 15.2 Å². The van der Waals surface area contributed by atoms with E-state index in [4.69, 9.17) is 0 Å². The van der Waals surface area contributed by atoms with E-state index in [0.29, 0.717) is 30.2 Å². The first-order valence-corrected chi connectivity index (χ1v) is 8.51. The molecule has 2 fully saturated rings. The Morgan fingerprint density at radius 2 is 2.12 bits per heavy atom. The highest BCUT2D eigenvalue weighted by molar-refractivity contribution is 5.42. The maximum Gasteiger partial charge on any atom is 0.433 e. The van der Waals surface area contributed by atoms with Gasteiger partial charge in [-0.25, -0.2) is 9.97 Å². The normalized spacial score (nSPS) is 26.2. The molecule has 1 saturated carbocycles. The molecule has 134 valence electrons. The van der Waals surface area contributed by atoms with Crippen LogP contribution in [-0.4, -0.2) is 34.1 Å². The Balaban J connectivity index is 1.42. The number of aromatic amines is 1. The molecule has 0 bridgehead atoms. The molecule has 3 atom stereocenters. The summed E-state index contributed by atoms with van der Waals surface area (Å²) >= 11 is 0. The van der Waals surface area contributed by atoms with Crippen molar-refractivity contribution < 1.29 is 13.2 Å². The molecule has 2 aromatic heterocycles. The first-order chi connectivity index (χ1) is 12.0. The van der Waals surface area contributed by atoms with Crippen molar-refractivity contribution in [1.82, 2.24) is 20.3 Å². The predicted octanol–water partition coefficient (Wildman–Crippen LogP) is 2.83. The third-order valence-corrected chi connectivity index (χ3v) is 5.31. The van der Waals surface area contributed by atoms with Gasteiger partial charge in [-0.1, -0.05) is 6.07 Å². The smallest absolute Gasteiger partial charge is 0.356 e. The van der Waals surface area contributed by atoms with Gasteiger partial charge in [-0.2, -0.15) is 13.2 Å². The summed E-state index contributed by atoms with van der Waals surface area (Å²) in [7, 11) is 0. The van der Waals surface area contributed by atoms with E-state index >= 15 is 0 Å². The van der Waals surface area contributed by atoms with Gasteiger partial charge in [-0.3, -0.25) is 0 Å². The molecule has 1 saturated heterocycles. The summed E-state index contributed by atoms with van der Waals surface area (Å²) in [4.78, 5) is 13.0. The average Bonchev–Trinajstić information content (AvgIpc) is 3.30. The molecule has 4 rings (SSSR count). The van der Waals surface area contributed by atoms with Crippen molar-refractivity contribution in [3.05, 3.63) is 42.1 Å². The second-order valence-corrected chi connectivity index (χ2v) is 6.83. The molecule has 2 N–H and O–H groups in total. The Bertz CT molecular complexity index is 715. The molecule has 5 nitrogen and oxygen atoms in total. The number of alkyl halides is 3. The Labute approximate surface area is 143 Å². The molecule has 8 heteroatoms. The lowest BCUT2D eigenvalue weighted by Crippen LogP contribution is -2.35. The van der Waals surface area contributed by atoms with Crippen LogP contribution in [0.15, 0.2) is 30.7 Å². The number of halogens is 3. The number of aromatic nitrogens is 3. The number of fused-ring (bicyclic) bond motifs is 1. The van der Waals surface area contributed by atoms with Gasteiger partial charge >= 0.3 is 6.18 Å². The number of hydrogen-bond donors (Lipinski definition) is 2. The number of hydrogen-bond acceptors (Lipinski definition) is 4. The van der Waals surface area contributed by atoms with Crippen molar-refractivity contribution in [2.45, 2.75) is 31.6 Å². The monoisotopic (exact) mass is 351 g/mol. The Morgan fingerprint density at radius 3 is 2.88 bits per heavy atom. The van der Waals surface area contributed by atoms with E-state index in [0.717, 1.165) is 37.7 Å². The predicted molar refractivity (Wildman–Crippen MR) is 86.9 cm³/mol. The zero-order valence-electron chi connectivity index (χ0n) is 13.6. The minimum atomic E-state index is -4.40. The van der Waals surface area contributed by atoms with Crippen LogP contribution in [0.3, 0.4) is 0 Å². The molecule has 3 heterocycles. The van der Waals surface area contributed by atoms with Crippen molar-refractivity contribution in [3.8, 4) is 0 Å². The number of rotatable bonds is 4. The first kappa shape index (κ1) is 16.4. The first-order valence-electron chi connectivity index (χ1n) is 8.51. The van der Waals surface area contributed by atoms with Crippen molar-refractivity contribution in [3.63, 3.8) is 0 Å². The molecule has 1 aliphatic carbocycles. The lowest BCUT2D eigenvalue weighted by molar-refractivity contribution is -0.141. The summed E-state index contributed by atoms with van der Waals surface area (Å²) < 4.78 is 38.6. The van der Waals surface area contributed by atoms with Gasteiger partial charge in [0.25, 0.3) is 0 Å². The number of nitrogens with one attached hydrogen (secondary N) is 2. The van der Waals surface area contributed by atoms with Crippen LogP contribution in [0.25, 0.3) is 0 Å². The zero-order chi connectivity index (χ0) is 17.4. The summed E-state index contributed by atoms with van der Waals surface area (Å²) in [6, 6.07) is 4.50. The lowest BCUT2D eigenvalue weighted by Gasteiger charge is -2.22. The van der Waals surface area contributed by atoms with Crippen LogP contribution in [0.1, 0.15) is 24.2 Å². The summed E-state index contributed by atoms with van der Waals surface area (Å²) in [6.45, 7) is 2.23. The number of anilines is 1. The number of pyridine rings is 1. The minimum absolute atomic E-state index is 0.373. The van der Waals surface area contributed by atoms with E-state index in [1.165, 1.54) is 6.07 Å². The number of imidazole rings is 1. The maximum absolute atomic E-state index is 12.9. The molecule has 0 radical (unpaired) electrons. The van der Waals surface area contributed by atoms with Crippen LogP contribution < -0.4 is 10.2 Å². The van der Waals surface area contributed by atoms with Crippen LogP contribution in [0, 0.1) is 11.8 Å². The van der Waals surface area contributed by atoms with Gasteiger partial charge in [0.05, 0.1) is 12.0 Å². The van der Waals surface area contributed by atoms with Gasteiger partial charge in [0.2, 0.25) is 0 Å². The second kappa shape index (κ2) is 6.33. The largest absolute Gasteiger partial charge is 0.433 e. The Kier molecular flexibility index (Phi) is 4.15. The maximum atomic E-state index is 12.9. The van der Waals surface area contributed by atoms with E-state index in [1.54, 1.807) is 12.4 Å². The van der Waals surface area contributed by atoms with Crippen molar-refractivity contribution in [2.24, 2.45) is 11.8 Å². The Hall–Kier alpha value is -2.09. The highest BCUT2D eigenvalue weighted by Crippen LogP contribution is 2.40. The zero-order valence-corrected chi connectivity index (χ0v) is 13.6. The lowest BCUT2D eigenvalue weighted by atomic mass is 9.98. The molecule has 0 unspecified atom stereocenters. The molecule has 0 aromatic carbocycles. The van der Waals surface area contributed by atoms with Gasteiger partial charge in [0, 0.05) is 31.9 Å². The fourth-order valence-corrected chi connectivity index (χ4v) is 4.09. The molecule has 0 amide bonds. The van der Waals surface area contributed by atoms with Crippen LogP contribution in [0.5, 0.6) is 0 Å². The molecule has 1 aliphatic heterocycles. The quantitative estimate of drug-likeness (QED) is 0.889. The second-order valence-electron chi connectivity index (χ2n) is 6.83. The van der Waals surface area contributed by atoms with Crippen LogP contribution in [-0.2, 0) is 12.7 Å². The minimum Gasteiger partial charge on any atom is -0.356 e. The van der Waals surface area contributed by atoms with E-state index in [2.05, 4.69) is 20.3 Å². The third kappa shape index (κ3) is 3.35. The Morgan fingerprint density at radius 1 is 1.24 bits per heavy atom. The van der Waals surface area contributed by atoms with E-state index in [-0.39, 0.29) is 0 Å². The number of H-pyrrole nitrogens is 1. The highest BCUT2D eigenvalue weighted by atomic mass is 19.4. The summed E-state index contributed by atoms with van der Waals surface area (Å²) in [5.41, 5.74) is 0.146. The summed E-state index contributed by atoms with van der Waals surface area (Å²) in [5, 5.41) is 3.55. The highest BCUT2D eigenvalue weighted by Gasteiger charge is 2.43. The fraction of sp³-hybridized carbons (Fsp3) is 0.529.